The first-order valence-electron chi connectivity index (χ1n) is 11.1. The molecule has 5 rings (SSSR count). The van der Waals surface area contributed by atoms with Gasteiger partial charge in [0, 0.05) is 55.5 Å². The summed E-state index contributed by atoms with van der Waals surface area (Å²) in [6.07, 6.45) is 3.68. The fourth-order valence-electron chi connectivity index (χ4n) is 5.67. The summed E-state index contributed by atoms with van der Waals surface area (Å²) >= 11 is 6.32. The lowest BCUT2D eigenvalue weighted by Gasteiger charge is -2.43. The van der Waals surface area contributed by atoms with Gasteiger partial charge in [-0.05, 0) is 50.4 Å². The van der Waals surface area contributed by atoms with Gasteiger partial charge in [0.25, 0.3) is 5.56 Å². The molecular formula is C24H30ClN3O2. The van der Waals surface area contributed by atoms with E-state index in [9.17, 15) is 4.79 Å². The van der Waals surface area contributed by atoms with Crippen molar-refractivity contribution < 1.29 is 4.74 Å². The highest BCUT2D eigenvalue weighted by molar-refractivity contribution is 6.32. The largest absolute Gasteiger partial charge is 0.495 e. The molecule has 2 bridgehead atoms. The number of rotatable bonds is 5. The van der Waals surface area contributed by atoms with Crippen LogP contribution in [-0.4, -0.2) is 47.7 Å². The van der Waals surface area contributed by atoms with Crippen molar-refractivity contribution in [2.45, 2.75) is 44.8 Å². The van der Waals surface area contributed by atoms with E-state index in [2.05, 4.69) is 32.6 Å². The lowest BCUT2D eigenvalue weighted by atomic mass is 9.82. The number of para-hydroxylation sites is 1. The molecule has 1 aromatic heterocycles. The molecule has 4 heterocycles. The number of methoxy groups -OCH3 is 1. The van der Waals surface area contributed by atoms with Gasteiger partial charge in [-0.3, -0.25) is 14.6 Å². The predicted octanol–water partition coefficient (Wildman–Crippen LogP) is 3.73. The molecule has 5 nitrogen and oxygen atoms in total. The zero-order chi connectivity index (χ0) is 20.7. The number of aromatic nitrogens is 1. The van der Waals surface area contributed by atoms with Crippen LogP contribution in [-0.2, 0) is 19.6 Å². The first-order chi connectivity index (χ1) is 14.6. The van der Waals surface area contributed by atoms with Gasteiger partial charge in [0.05, 0.1) is 12.1 Å². The molecule has 3 aliphatic rings. The maximum absolute atomic E-state index is 13.2. The van der Waals surface area contributed by atoms with Crippen molar-refractivity contribution in [1.82, 2.24) is 14.4 Å². The van der Waals surface area contributed by atoms with Crippen molar-refractivity contribution in [3.63, 3.8) is 0 Å². The monoisotopic (exact) mass is 427 g/mol. The maximum Gasteiger partial charge on any atom is 0.255 e. The molecule has 2 aromatic rings. The van der Waals surface area contributed by atoms with Crippen LogP contribution in [0, 0.1) is 5.92 Å². The third kappa shape index (κ3) is 3.79. The van der Waals surface area contributed by atoms with Gasteiger partial charge in [-0.15, -0.1) is 0 Å². The Morgan fingerprint density at radius 3 is 2.60 bits per heavy atom. The highest BCUT2D eigenvalue weighted by atomic mass is 35.5. The number of piperidine rings is 1. The number of pyridine rings is 1. The lowest BCUT2D eigenvalue weighted by Crippen LogP contribution is -2.47. The van der Waals surface area contributed by atoms with Crippen LogP contribution < -0.4 is 10.3 Å². The summed E-state index contributed by atoms with van der Waals surface area (Å²) in [5.74, 6) is 1.70. The highest BCUT2D eigenvalue weighted by Gasteiger charge is 2.35. The van der Waals surface area contributed by atoms with E-state index < -0.39 is 0 Å². The molecule has 0 saturated carbocycles. The van der Waals surface area contributed by atoms with Gasteiger partial charge in [0.2, 0.25) is 0 Å². The fraction of sp³-hybridized carbons (Fsp3) is 0.542. The van der Waals surface area contributed by atoms with E-state index in [0.717, 1.165) is 62.7 Å². The number of hydrogen-bond acceptors (Lipinski definition) is 4. The van der Waals surface area contributed by atoms with Crippen LogP contribution in [0.3, 0.4) is 0 Å². The first kappa shape index (κ1) is 20.1. The van der Waals surface area contributed by atoms with Crippen LogP contribution in [0.15, 0.2) is 35.1 Å². The topological polar surface area (TPSA) is 37.7 Å². The van der Waals surface area contributed by atoms with Crippen molar-refractivity contribution in [1.29, 1.82) is 0 Å². The Bertz CT molecular complexity index is 983. The summed E-state index contributed by atoms with van der Waals surface area (Å²) in [5, 5.41) is 0.662. The van der Waals surface area contributed by atoms with E-state index in [0.29, 0.717) is 16.9 Å². The zero-order valence-electron chi connectivity index (χ0n) is 17.6. The minimum atomic E-state index is 0.235. The molecule has 2 fully saturated rings. The Balaban J connectivity index is 1.36. The van der Waals surface area contributed by atoms with Gasteiger partial charge >= 0.3 is 0 Å². The summed E-state index contributed by atoms with van der Waals surface area (Å²) in [6.45, 7) is 6.68. The molecule has 0 N–H and O–H groups in total. The van der Waals surface area contributed by atoms with Crippen molar-refractivity contribution in [3.8, 4) is 5.75 Å². The lowest BCUT2D eigenvalue weighted by molar-refractivity contribution is 0.113. The number of fused-ring (bicyclic) bond motifs is 4. The van der Waals surface area contributed by atoms with E-state index in [1.807, 2.05) is 12.1 Å². The second-order valence-electron chi connectivity index (χ2n) is 9.11. The van der Waals surface area contributed by atoms with E-state index in [1.54, 1.807) is 7.11 Å². The van der Waals surface area contributed by atoms with Gasteiger partial charge in [-0.1, -0.05) is 29.8 Å². The van der Waals surface area contributed by atoms with Crippen LogP contribution in [0.4, 0.5) is 0 Å². The summed E-state index contributed by atoms with van der Waals surface area (Å²) in [5.41, 5.74) is 3.53. The number of benzene rings is 1. The normalized spacial score (nSPS) is 24.1. The average Bonchev–Trinajstić information content (AvgIpc) is 3.24. The quantitative estimate of drug-likeness (QED) is 0.728. The van der Waals surface area contributed by atoms with Crippen molar-refractivity contribution in [2.24, 2.45) is 5.92 Å². The Morgan fingerprint density at radius 2 is 1.80 bits per heavy atom. The number of ether oxygens (including phenoxy) is 1. The Kier molecular flexibility index (Phi) is 5.61. The summed E-state index contributed by atoms with van der Waals surface area (Å²) in [7, 11) is 1.68. The van der Waals surface area contributed by atoms with E-state index in [4.69, 9.17) is 16.3 Å². The van der Waals surface area contributed by atoms with Gasteiger partial charge < -0.3 is 9.30 Å². The maximum atomic E-state index is 13.2. The Morgan fingerprint density at radius 1 is 1.00 bits per heavy atom. The average molecular weight is 428 g/mol. The van der Waals surface area contributed by atoms with Gasteiger partial charge in [0.1, 0.15) is 5.75 Å². The van der Waals surface area contributed by atoms with E-state index in [1.165, 1.54) is 25.0 Å². The summed E-state index contributed by atoms with van der Waals surface area (Å²) in [4.78, 5) is 18.1. The van der Waals surface area contributed by atoms with Crippen LogP contribution in [0.25, 0.3) is 0 Å². The van der Waals surface area contributed by atoms with Crippen LogP contribution in [0.5, 0.6) is 5.75 Å². The van der Waals surface area contributed by atoms with Gasteiger partial charge in [0.15, 0.2) is 0 Å². The number of likely N-dealkylation sites (tertiary alicyclic amines) is 2. The number of nitrogens with zero attached hydrogens (tertiary/aromatic N) is 3. The SMILES string of the molecule is COc1c(Cl)cccc1CN1C[C@@H]2C[C@H](C1)c1ccc(CN3CCCC3)c(=O)n1C2. The van der Waals surface area contributed by atoms with Crippen LogP contribution >= 0.6 is 11.6 Å². The van der Waals surface area contributed by atoms with E-state index >= 15 is 0 Å². The Hall–Kier alpha value is -1.82. The molecule has 3 aliphatic heterocycles. The zero-order valence-corrected chi connectivity index (χ0v) is 18.4. The predicted molar refractivity (Wildman–Crippen MR) is 119 cm³/mol. The smallest absolute Gasteiger partial charge is 0.255 e. The molecule has 2 atom stereocenters. The van der Waals surface area contributed by atoms with Gasteiger partial charge in [-0.2, -0.15) is 0 Å². The molecule has 0 spiro atoms. The molecule has 6 heteroatoms. The second-order valence-corrected chi connectivity index (χ2v) is 9.51. The first-order valence-corrected chi connectivity index (χ1v) is 11.5. The summed E-state index contributed by atoms with van der Waals surface area (Å²) in [6, 6.07) is 10.3. The second kappa shape index (κ2) is 8.37. The summed E-state index contributed by atoms with van der Waals surface area (Å²) < 4.78 is 7.63. The molecule has 0 aliphatic carbocycles. The molecule has 30 heavy (non-hydrogen) atoms. The molecule has 0 amide bonds. The number of halogens is 1. The molecule has 160 valence electrons. The molecule has 1 aromatic carbocycles. The Labute approximate surface area is 183 Å². The van der Waals surface area contributed by atoms with E-state index in [-0.39, 0.29) is 5.56 Å². The molecule has 2 saturated heterocycles. The minimum Gasteiger partial charge on any atom is -0.495 e. The fourth-order valence-corrected chi connectivity index (χ4v) is 5.94. The third-order valence-corrected chi connectivity index (χ3v) is 7.30. The minimum absolute atomic E-state index is 0.235. The van der Waals surface area contributed by atoms with Crippen molar-refractivity contribution in [3.05, 3.63) is 62.5 Å². The molecular weight excluding hydrogens is 398 g/mol. The number of hydrogen-bond donors (Lipinski definition) is 0. The molecule has 0 unspecified atom stereocenters. The van der Waals surface area contributed by atoms with Crippen molar-refractivity contribution >= 4 is 11.6 Å². The van der Waals surface area contributed by atoms with Crippen LogP contribution in [0.2, 0.25) is 5.02 Å². The third-order valence-electron chi connectivity index (χ3n) is 7.00. The van der Waals surface area contributed by atoms with Crippen LogP contribution in [0.1, 0.15) is 42.0 Å². The van der Waals surface area contributed by atoms with Crippen molar-refractivity contribution in [2.75, 3.05) is 33.3 Å². The molecule has 0 radical (unpaired) electrons. The van der Waals surface area contributed by atoms with Gasteiger partial charge in [-0.25, -0.2) is 0 Å². The standard InChI is InChI=1S/C24H30ClN3O2/c1-30-23-18(5-4-6-21(23)25)14-27-12-17-11-20(16-27)22-8-7-19(24(29)28(22)13-17)15-26-9-2-3-10-26/h4-8,17,20H,2-3,9-16H2,1H3/t17-,20+/m0/s1. The highest BCUT2D eigenvalue weighted by Crippen LogP contribution is 2.37.